The van der Waals surface area contributed by atoms with Crippen LogP contribution in [0.15, 0.2) is 56.7 Å². The van der Waals surface area contributed by atoms with Gasteiger partial charge in [0.05, 0.1) is 27.5 Å². The zero-order chi connectivity index (χ0) is 24.2. The summed E-state index contributed by atoms with van der Waals surface area (Å²) in [6, 6.07) is 8.44. The molecule has 1 heterocycles. The van der Waals surface area contributed by atoms with Gasteiger partial charge in [0.2, 0.25) is 0 Å². The van der Waals surface area contributed by atoms with Gasteiger partial charge >= 0.3 is 5.69 Å². The molecule has 0 aliphatic carbocycles. The first-order valence-electron chi connectivity index (χ1n) is 10.0. The minimum Gasteiger partial charge on any atom is -0.490 e. The van der Waals surface area contributed by atoms with Crippen LogP contribution < -0.4 is 9.46 Å². The summed E-state index contributed by atoms with van der Waals surface area (Å²) >= 11 is 0. The predicted molar refractivity (Wildman–Crippen MR) is 123 cm³/mol. The van der Waals surface area contributed by atoms with E-state index in [1.165, 1.54) is 31.4 Å². The van der Waals surface area contributed by atoms with Crippen LogP contribution in [0.25, 0.3) is 0 Å². The van der Waals surface area contributed by atoms with Crippen molar-refractivity contribution in [3.8, 4) is 5.75 Å². The summed E-state index contributed by atoms with van der Waals surface area (Å²) in [7, 11) is -5.30. The van der Waals surface area contributed by atoms with E-state index >= 15 is 0 Å². The number of sulfonamides is 2. The van der Waals surface area contributed by atoms with Crippen LogP contribution in [-0.4, -0.2) is 53.2 Å². The van der Waals surface area contributed by atoms with E-state index in [0.29, 0.717) is 18.8 Å². The second-order valence-corrected chi connectivity index (χ2v) is 10.7. The number of hydrogen-bond acceptors (Lipinski definition) is 7. The number of rotatable bonds is 7. The summed E-state index contributed by atoms with van der Waals surface area (Å²) in [4.78, 5) is 11.7. The second kappa shape index (κ2) is 9.75. The van der Waals surface area contributed by atoms with E-state index < -0.39 is 30.7 Å². The van der Waals surface area contributed by atoms with Crippen LogP contribution in [0.5, 0.6) is 5.75 Å². The van der Waals surface area contributed by atoms with Gasteiger partial charge in [0, 0.05) is 26.1 Å². The van der Waals surface area contributed by atoms with Gasteiger partial charge in [-0.25, -0.2) is 8.42 Å². The molecule has 1 fully saturated rings. The Labute approximate surface area is 192 Å². The molecular weight excluding hydrogens is 472 g/mol. The Morgan fingerprint density at radius 1 is 1.06 bits per heavy atom. The van der Waals surface area contributed by atoms with E-state index in [0.717, 1.165) is 37.5 Å². The number of ether oxygens (including phenoxy) is 1. The third kappa shape index (κ3) is 5.79. The van der Waals surface area contributed by atoms with Crippen molar-refractivity contribution < 1.29 is 26.5 Å². The van der Waals surface area contributed by atoms with Crippen molar-refractivity contribution in [1.29, 1.82) is 0 Å². The van der Waals surface area contributed by atoms with Crippen molar-refractivity contribution in [1.82, 2.24) is 4.90 Å². The molecule has 0 bridgehead atoms. The molecule has 2 aromatic carbocycles. The third-order valence-corrected chi connectivity index (χ3v) is 7.78. The number of anilines is 1. The van der Waals surface area contributed by atoms with Crippen LogP contribution >= 0.6 is 0 Å². The molecule has 2 aromatic rings. The van der Waals surface area contributed by atoms with Crippen LogP contribution in [0.3, 0.4) is 0 Å². The minimum absolute atomic E-state index is 0.0241. The summed E-state index contributed by atoms with van der Waals surface area (Å²) in [6.07, 6.45) is 3.32. The van der Waals surface area contributed by atoms with Gasteiger partial charge < -0.3 is 9.64 Å². The fraction of sp³-hybridized carbons (Fsp3) is 0.350. The number of benzene rings is 2. The highest BCUT2D eigenvalue weighted by Gasteiger charge is 2.23. The molecule has 1 aliphatic rings. The summed E-state index contributed by atoms with van der Waals surface area (Å²) in [5.41, 5.74) is -0.538. The Kier molecular flexibility index (Phi) is 7.22. The molecule has 0 spiro atoms. The Balaban J connectivity index is 1.91. The molecule has 3 rings (SSSR count). The molecule has 0 radical (unpaired) electrons. The summed E-state index contributed by atoms with van der Waals surface area (Å²) in [5, 5.41) is 11.2. The monoisotopic (exact) mass is 496 g/mol. The number of amidine groups is 1. The number of nitro groups is 1. The van der Waals surface area contributed by atoms with Gasteiger partial charge in [0.25, 0.3) is 20.0 Å². The first-order valence-corrected chi connectivity index (χ1v) is 13.0. The van der Waals surface area contributed by atoms with Crippen LogP contribution in [0, 0.1) is 10.1 Å². The van der Waals surface area contributed by atoms with Crippen molar-refractivity contribution in [2.75, 3.05) is 25.4 Å². The van der Waals surface area contributed by atoms with Gasteiger partial charge in [-0.3, -0.25) is 14.8 Å². The first-order chi connectivity index (χ1) is 15.5. The zero-order valence-corrected chi connectivity index (χ0v) is 19.7. The predicted octanol–water partition coefficient (Wildman–Crippen LogP) is 3.00. The SMILES string of the molecule is COc1ccc(S(=O)(=O)Nc2cccc(S(=O)(=O)N=C3CCCCCN3C)c2)cc1[N+](=O)[O-]. The van der Waals surface area contributed by atoms with Crippen molar-refractivity contribution >= 4 is 37.3 Å². The largest absolute Gasteiger partial charge is 0.490 e. The summed E-state index contributed by atoms with van der Waals surface area (Å²) in [6.45, 7) is 0.711. The van der Waals surface area contributed by atoms with Gasteiger partial charge in [-0.15, -0.1) is 4.40 Å². The molecule has 0 amide bonds. The number of likely N-dealkylation sites (tertiary alicyclic amines) is 1. The van der Waals surface area contributed by atoms with E-state index in [1.807, 2.05) is 4.90 Å². The fourth-order valence-corrected chi connectivity index (χ4v) is 5.56. The van der Waals surface area contributed by atoms with E-state index in [9.17, 15) is 26.9 Å². The van der Waals surface area contributed by atoms with Crippen LogP contribution in [-0.2, 0) is 20.0 Å². The van der Waals surface area contributed by atoms with Gasteiger partial charge in [-0.1, -0.05) is 12.5 Å². The molecule has 0 aromatic heterocycles. The van der Waals surface area contributed by atoms with Gasteiger partial charge in [0.1, 0.15) is 5.84 Å². The smallest absolute Gasteiger partial charge is 0.312 e. The first kappa shape index (κ1) is 24.5. The zero-order valence-electron chi connectivity index (χ0n) is 18.1. The molecular formula is C20H24N4O7S2. The molecule has 13 heteroatoms. The van der Waals surface area contributed by atoms with E-state index in [2.05, 4.69) is 9.12 Å². The molecule has 1 N–H and O–H groups in total. The highest BCUT2D eigenvalue weighted by molar-refractivity contribution is 7.92. The Bertz CT molecular complexity index is 1290. The average molecular weight is 497 g/mol. The molecule has 1 aliphatic heterocycles. The lowest BCUT2D eigenvalue weighted by Crippen LogP contribution is -2.26. The quantitative estimate of drug-likeness (QED) is 0.454. The number of methoxy groups -OCH3 is 1. The standard InChI is InChI=1S/C20H24N4O7S2/c1-23-12-5-3-4-9-20(23)22-33(29,30)16-8-6-7-15(13-16)21-32(27,28)17-10-11-19(31-2)18(14-17)24(25)26/h6-8,10-11,13-14,21H,3-5,9,12H2,1-2H3. The lowest BCUT2D eigenvalue weighted by molar-refractivity contribution is -0.386. The van der Waals surface area contributed by atoms with Crippen molar-refractivity contribution in [3.63, 3.8) is 0 Å². The maximum atomic E-state index is 12.9. The van der Waals surface area contributed by atoms with Crippen molar-refractivity contribution in [3.05, 3.63) is 52.6 Å². The molecule has 0 atom stereocenters. The Morgan fingerprint density at radius 2 is 1.82 bits per heavy atom. The normalized spacial score (nSPS) is 16.3. The van der Waals surface area contributed by atoms with Crippen LogP contribution in [0.2, 0.25) is 0 Å². The number of nitrogens with zero attached hydrogens (tertiary/aromatic N) is 3. The maximum Gasteiger partial charge on any atom is 0.312 e. The highest BCUT2D eigenvalue weighted by Crippen LogP contribution is 2.30. The third-order valence-electron chi connectivity index (χ3n) is 5.10. The second-order valence-electron chi connectivity index (χ2n) is 7.44. The average Bonchev–Trinajstić information content (AvgIpc) is 2.96. The van der Waals surface area contributed by atoms with Crippen LogP contribution in [0.4, 0.5) is 11.4 Å². The van der Waals surface area contributed by atoms with Crippen molar-refractivity contribution in [2.45, 2.75) is 35.5 Å². The Morgan fingerprint density at radius 3 is 2.52 bits per heavy atom. The summed E-state index contributed by atoms with van der Waals surface area (Å²) < 4.78 is 62.4. The van der Waals surface area contributed by atoms with Crippen molar-refractivity contribution in [2.24, 2.45) is 4.40 Å². The van der Waals surface area contributed by atoms with Gasteiger partial charge in [-0.05, 0) is 43.2 Å². The summed E-state index contributed by atoms with van der Waals surface area (Å²) in [5.74, 6) is 0.374. The lowest BCUT2D eigenvalue weighted by Gasteiger charge is -2.17. The molecule has 1 saturated heterocycles. The van der Waals surface area contributed by atoms with Crippen LogP contribution in [0.1, 0.15) is 25.7 Å². The van der Waals surface area contributed by atoms with Gasteiger partial charge in [0.15, 0.2) is 5.75 Å². The molecule has 33 heavy (non-hydrogen) atoms. The van der Waals surface area contributed by atoms with E-state index in [1.54, 1.807) is 7.05 Å². The topological polar surface area (TPSA) is 148 Å². The number of hydrogen-bond donors (Lipinski definition) is 1. The molecule has 0 unspecified atom stereocenters. The highest BCUT2D eigenvalue weighted by atomic mass is 32.2. The van der Waals surface area contributed by atoms with E-state index in [-0.39, 0.29) is 21.2 Å². The Hall–Kier alpha value is -3.19. The minimum atomic E-state index is -4.25. The number of nitrogens with one attached hydrogen (secondary N) is 1. The number of nitro benzene ring substituents is 1. The molecule has 178 valence electrons. The fourth-order valence-electron chi connectivity index (χ4n) is 3.35. The lowest BCUT2D eigenvalue weighted by atomic mass is 10.2. The molecule has 0 saturated carbocycles. The maximum absolute atomic E-state index is 12.9. The van der Waals surface area contributed by atoms with E-state index in [4.69, 9.17) is 4.74 Å². The molecule has 11 nitrogen and oxygen atoms in total. The van der Waals surface area contributed by atoms with Gasteiger partial charge in [-0.2, -0.15) is 8.42 Å².